The first-order chi connectivity index (χ1) is 14.0. The number of anilines is 2. The van der Waals surface area contributed by atoms with Crippen molar-refractivity contribution in [3.63, 3.8) is 0 Å². The number of nitrogens with one attached hydrogen (secondary N) is 3. The van der Waals surface area contributed by atoms with Gasteiger partial charge in [0.1, 0.15) is 5.75 Å². The first-order valence-electron chi connectivity index (χ1n) is 9.80. The molecule has 0 saturated heterocycles. The zero-order valence-corrected chi connectivity index (χ0v) is 17.5. The molecule has 0 bridgehead atoms. The fourth-order valence-corrected chi connectivity index (χ4v) is 2.86. The summed E-state index contributed by atoms with van der Waals surface area (Å²) >= 11 is 0. The predicted octanol–water partition coefficient (Wildman–Crippen LogP) is 3.72. The summed E-state index contributed by atoms with van der Waals surface area (Å²) in [6.45, 7) is 9.45. The highest BCUT2D eigenvalue weighted by atomic mass is 16.5. The molecule has 0 spiro atoms. The molecule has 2 aromatic carbocycles. The Balaban J connectivity index is 1.86. The Labute approximate surface area is 172 Å². The number of aryl methyl sites for hydroxylation is 1. The number of carbonyl (C=O) groups is 2. The lowest BCUT2D eigenvalue weighted by molar-refractivity contribution is 0.0949. The van der Waals surface area contributed by atoms with Crippen molar-refractivity contribution < 1.29 is 14.3 Å². The van der Waals surface area contributed by atoms with Crippen molar-refractivity contribution in [1.29, 1.82) is 0 Å². The summed E-state index contributed by atoms with van der Waals surface area (Å²) in [4.78, 5) is 26.7. The van der Waals surface area contributed by atoms with Gasteiger partial charge < -0.3 is 25.6 Å². The molecule has 2 aromatic rings. The molecule has 156 valence electrons. The van der Waals surface area contributed by atoms with Gasteiger partial charge >= 0.3 is 6.03 Å². The van der Waals surface area contributed by atoms with Crippen LogP contribution < -0.4 is 20.7 Å². The lowest BCUT2D eigenvalue weighted by Crippen LogP contribution is -2.34. The molecule has 0 aliphatic heterocycles. The molecule has 0 heterocycles. The number of hydrogen-bond donors (Lipinski definition) is 3. The summed E-state index contributed by atoms with van der Waals surface area (Å²) in [5.74, 6) is 0.612. The van der Waals surface area contributed by atoms with E-state index in [2.05, 4.69) is 34.7 Å². The topological polar surface area (TPSA) is 82.7 Å². The minimum absolute atomic E-state index is 0.123. The number of amides is 3. The fraction of sp³-hybridized carbons (Fsp3) is 0.364. The standard InChI is InChI=1S/C22H30N4O3/c1-5-26(6-2)14-13-23-21(27)17-7-9-18(10-8-17)24-22(28)25-20-12-11-19(29-4)15-16(20)3/h7-12,15H,5-6,13-14H2,1-4H3,(H,23,27)(H2,24,25,28). The van der Waals surface area contributed by atoms with E-state index in [9.17, 15) is 9.59 Å². The summed E-state index contributed by atoms with van der Waals surface area (Å²) in [5.41, 5.74) is 2.76. The second-order valence-corrected chi connectivity index (χ2v) is 6.62. The number of rotatable bonds is 9. The molecule has 7 heteroatoms. The highest BCUT2D eigenvalue weighted by molar-refractivity contribution is 6.01. The van der Waals surface area contributed by atoms with Crippen LogP contribution in [0.2, 0.25) is 0 Å². The van der Waals surface area contributed by atoms with E-state index in [1.807, 2.05) is 13.0 Å². The maximum absolute atomic E-state index is 12.2. The smallest absolute Gasteiger partial charge is 0.323 e. The van der Waals surface area contributed by atoms with Gasteiger partial charge in [0.2, 0.25) is 0 Å². The van der Waals surface area contributed by atoms with Gasteiger partial charge in [-0.05, 0) is 68.0 Å². The van der Waals surface area contributed by atoms with E-state index in [-0.39, 0.29) is 11.9 Å². The second kappa shape index (κ2) is 11.1. The number of ether oxygens (including phenoxy) is 1. The Bertz CT molecular complexity index is 817. The highest BCUT2D eigenvalue weighted by Crippen LogP contribution is 2.21. The third kappa shape index (κ3) is 6.80. The Hall–Kier alpha value is -3.06. The molecule has 3 amide bonds. The van der Waals surface area contributed by atoms with Gasteiger partial charge in [-0.25, -0.2) is 4.79 Å². The van der Waals surface area contributed by atoms with Gasteiger partial charge in [-0.2, -0.15) is 0 Å². The van der Waals surface area contributed by atoms with Crippen LogP contribution in [-0.2, 0) is 0 Å². The van der Waals surface area contributed by atoms with Crippen LogP contribution in [0, 0.1) is 6.92 Å². The second-order valence-electron chi connectivity index (χ2n) is 6.62. The first kappa shape index (κ1) is 22.2. The molecule has 0 atom stereocenters. The normalized spacial score (nSPS) is 10.5. The third-order valence-electron chi connectivity index (χ3n) is 4.69. The minimum atomic E-state index is -0.352. The Morgan fingerprint density at radius 1 is 1.00 bits per heavy atom. The fourth-order valence-electron chi connectivity index (χ4n) is 2.86. The quantitative estimate of drug-likeness (QED) is 0.601. The molecule has 29 heavy (non-hydrogen) atoms. The van der Waals surface area contributed by atoms with Crippen LogP contribution in [0.3, 0.4) is 0 Å². The number of nitrogens with zero attached hydrogens (tertiary/aromatic N) is 1. The monoisotopic (exact) mass is 398 g/mol. The van der Waals surface area contributed by atoms with E-state index in [1.54, 1.807) is 43.5 Å². The van der Waals surface area contributed by atoms with Crippen molar-refractivity contribution >= 4 is 23.3 Å². The largest absolute Gasteiger partial charge is 0.497 e. The van der Waals surface area contributed by atoms with Crippen molar-refractivity contribution in [2.75, 3.05) is 43.9 Å². The molecule has 2 rings (SSSR count). The Morgan fingerprint density at radius 2 is 1.69 bits per heavy atom. The molecule has 0 saturated carbocycles. The van der Waals surface area contributed by atoms with Crippen LogP contribution in [0.4, 0.5) is 16.2 Å². The van der Waals surface area contributed by atoms with E-state index < -0.39 is 0 Å². The van der Waals surface area contributed by atoms with Gasteiger partial charge in [0, 0.05) is 30.0 Å². The Kier molecular flexibility index (Phi) is 8.48. The molecule has 0 unspecified atom stereocenters. The van der Waals surface area contributed by atoms with Crippen LogP contribution in [0.25, 0.3) is 0 Å². The van der Waals surface area contributed by atoms with E-state index in [1.165, 1.54) is 0 Å². The maximum Gasteiger partial charge on any atom is 0.323 e. The van der Waals surface area contributed by atoms with Gasteiger partial charge in [0.15, 0.2) is 0 Å². The van der Waals surface area contributed by atoms with Crippen molar-refractivity contribution in [3.8, 4) is 5.75 Å². The Morgan fingerprint density at radius 3 is 2.28 bits per heavy atom. The summed E-state index contributed by atoms with van der Waals surface area (Å²) in [6.07, 6.45) is 0. The van der Waals surface area contributed by atoms with Crippen molar-refractivity contribution in [2.24, 2.45) is 0 Å². The number of likely N-dealkylation sites (N-methyl/N-ethyl adjacent to an activating group) is 1. The summed E-state index contributed by atoms with van der Waals surface area (Å²) in [5, 5.41) is 8.49. The molecule has 0 aromatic heterocycles. The molecule has 0 radical (unpaired) electrons. The van der Waals surface area contributed by atoms with E-state index in [4.69, 9.17) is 4.74 Å². The van der Waals surface area contributed by atoms with Crippen molar-refractivity contribution in [1.82, 2.24) is 10.2 Å². The van der Waals surface area contributed by atoms with Crippen LogP contribution in [0.15, 0.2) is 42.5 Å². The van der Waals surface area contributed by atoms with Crippen LogP contribution in [0.5, 0.6) is 5.75 Å². The highest BCUT2D eigenvalue weighted by Gasteiger charge is 2.09. The molecule has 3 N–H and O–H groups in total. The number of carbonyl (C=O) groups excluding carboxylic acids is 2. The van der Waals surface area contributed by atoms with Gasteiger partial charge in [0.05, 0.1) is 7.11 Å². The van der Waals surface area contributed by atoms with E-state index in [0.717, 1.165) is 30.9 Å². The summed E-state index contributed by atoms with van der Waals surface area (Å²) in [7, 11) is 1.60. The third-order valence-corrected chi connectivity index (χ3v) is 4.69. The molecule has 0 aliphatic rings. The lowest BCUT2D eigenvalue weighted by Gasteiger charge is -2.18. The van der Waals surface area contributed by atoms with Crippen molar-refractivity contribution in [3.05, 3.63) is 53.6 Å². The van der Waals surface area contributed by atoms with Gasteiger partial charge in [-0.1, -0.05) is 13.8 Å². The number of urea groups is 1. The van der Waals surface area contributed by atoms with E-state index >= 15 is 0 Å². The SMILES string of the molecule is CCN(CC)CCNC(=O)c1ccc(NC(=O)Nc2ccc(OC)cc2C)cc1. The van der Waals surface area contributed by atoms with Crippen molar-refractivity contribution in [2.45, 2.75) is 20.8 Å². The molecular formula is C22H30N4O3. The summed E-state index contributed by atoms with van der Waals surface area (Å²) in [6, 6.07) is 11.9. The van der Waals surface area contributed by atoms with Gasteiger partial charge in [-0.15, -0.1) is 0 Å². The average Bonchev–Trinajstić information content (AvgIpc) is 2.73. The zero-order valence-electron chi connectivity index (χ0n) is 17.5. The molecular weight excluding hydrogens is 368 g/mol. The lowest BCUT2D eigenvalue weighted by atomic mass is 10.2. The van der Waals surface area contributed by atoms with Crippen LogP contribution in [-0.4, -0.2) is 50.1 Å². The summed E-state index contributed by atoms with van der Waals surface area (Å²) < 4.78 is 5.17. The van der Waals surface area contributed by atoms with Gasteiger partial charge in [-0.3, -0.25) is 4.79 Å². The predicted molar refractivity (Wildman–Crippen MR) is 117 cm³/mol. The minimum Gasteiger partial charge on any atom is -0.497 e. The van der Waals surface area contributed by atoms with Crippen LogP contribution in [0.1, 0.15) is 29.8 Å². The maximum atomic E-state index is 12.2. The molecule has 0 aliphatic carbocycles. The van der Waals surface area contributed by atoms with E-state index in [0.29, 0.717) is 23.5 Å². The average molecular weight is 399 g/mol. The van der Waals surface area contributed by atoms with Crippen LogP contribution >= 0.6 is 0 Å². The molecule has 7 nitrogen and oxygen atoms in total. The zero-order chi connectivity index (χ0) is 21.2. The first-order valence-corrected chi connectivity index (χ1v) is 9.80. The number of benzene rings is 2. The number of methoxy groups -OCH3 is 1. The van der Waals surface area contributed by atoms with Gasteiger partial charge in [0.25, 0.3) is 5.91 Å². The molecule has 0 fully saturated rings. The number of hydrogen-bond acceptors (Lipinski definition) is 4.